The van der Waals surface area contributed by atoms with Crippen molar-refractivity contribution in [1.82, 2.24) is 10.6 Å². The van der Waals surface area contributed by atoms with Gasteiger partial charge in [0.1, 0.15) is 24.4 Å². The Kier molecular flexibility index (Phi) is 12.0. The maximum Gasteiger partial charge on any atom is 0.186 e. The van der Waals surface area contributed by atoms with Gasteiger partial charge in [-0.1, -0.05) is 6.92 Å². The zero-order chi connectivity index (χ0) is 28.1. The van der Waals surface area contributed by atoms with Gasteiger partial charge in [-0.15, -0.1) is 0 Å². The summed E-state index contributed by atoms with van der Waals surface area (Å²) in [6.07, 6.45) is -9.97. The van der Waals surface area contributed by atoms with Crippen LogP contribution < -0.4 is 33.6 Å². The molecule has 16 N–H and O–H groups in total. The normalized spacial score (nSPS) is 47.1. The number of hydrogen-bond donors (Lipinski definition) is 12. The lowest BCUT2D eigenvalue weighted by Crippen LogP contribution is -2.69. The first-order valence-corrected chi connectivity index (χ1v) is 13.4. The fraction of sp³-hybridized carbons (Fsp3) is 1.00. The van der Waals surface area contributed by atoms with Crippen LogP contribution in [-0.4, -0.2) is 149 Å². The zero-order valence-corrected chi connectivity index (χ0v) is 21.8. The van der Waals surface area contributed by atoms with Crippen molar-refractivity contribution in [1.29, 1.82) is 0 Å². The Morgan fingerprint density at radius 1 is 0.974 bits per heavy atom. The monoisotopic (exact) mass is 552 g/mol. The zero-order valence-electron chi connectivity index (χ0n) is 21.8. The maximum absolute atomic E-state index is 11.6. The van der Waals surface area contributed by atoms with Gasteiger partial charge in [-0.3, -0.25) is 0 Å². The molecule has 2 heterocycles. The Labute approximate surface area is 222 Å². The quantitative estimate of drug-likeness (QED) is 0.113. The molecule has 224 valence electrons. The van der Waals surface area contributed by atoms with Crippen LogP contribution in [0, 0.1) is 5.92 Å². The highest BCUT2D eigenvalue weighted by molar-refractivity contribution is 5.06. The lowest BCUT2D eigenvalue weighted by Gasteiger charge is -2.51. The lowest BCUT2D eigenvalue weighted by molar-refractivity contribution is -0.307. The SMILES string of the molecule is CCNC[C@H]1O[C@H](C2[C@@H](N)C[C@@H](NCC(O)CN)[C@H](O[C@H]3O[C@H](CO)[C@@H](O)[C@H](N)[C@H]3O)[C@H]2O)[C@H](N)C[C@@H]1O. The summed E-state index contributed by atoms with van der Waals surface area (Å²) in [5.41, 5.74) is 24.4. The van der Waals surface area contributed by atoms with Crippen LogP contribution >= 0.6 is 0 Å². The van der Waals surface area contributed by atoms with Gasteiger partial charge in [-0.2, -0.15) is 0 Å². The van der Waals surface area contributed by atoms with Crippen molar-refractivity contribution in [3.05, 3.63) is 0 Å². The highest BCUT2D eigenvalue weighted by Gasteiger charge is 2.53. The fourth-order valence-electron chi connectivity index (χ4n) is 5.67. The van der Waals surface area contributed by atoms with Crippen molar-refractivity contribution < 1.29 is 44.8 Å². The Balaban J connectivity index is 1.84. The van der Waals surface area contributed by atoms with Crippen LogP contribution in [-0.2, 0) is 14.2 Å². The molecule has 3 fully saturated rings. The van der Waals surface area contributed by atoms with E-state index in [2.05, 4.69) is 10.6 Å². The van der Waals surface area contributed by atoms with Gasteiger partial charge in [0.25, 0.3) is 0 Å². The first-order chi connectivity index (χ1) is 18.0. The van der Waals surface area contributed by atoms with E-state index in [9.17, 15) is 30.6 Å². The molecule has 3 aliphatic rings. The molecule has 0 radical (unpaired) electrons. The number of rotatable bonds is 11. The standard InChI is InChI=1S/C23H48N6O9/c1-2-28-7-14-13(32)4-11(26)21(36-14)16-10(25)3-12(29-6-9(31)5-24)22(19(16)34)38-23-20(35)17(27)18(33)15(8-30)37-23/h9-23,28-35H,2-8,24-27H2,1H3/t9?,10-,11+,12+,13-,14+,15+,16?,17-,18+,19-,20+,21-,22-,23+/m0/s1. The maximum atomic E-state index is 11.6. The van der Waals surface area contributed by atoms with Gasteiger partial charge in [0, 0.05) is 43.7 Å². The largest absolute Gasteiger partial charge is 0.394 e. The molecule has 1 aliphatic carbocycles. The van der Waals surface area contributed by atoms with Gasteiger partial charge in [0.15, 0.2) is 6.29 Å². The minimum absolute atomic E-state index is 0.0120. The molecule has 0 spiro atoms. The minimum Gasteiger partial charge on any atom is -0.394 e. The fourth-order valence-corrected chi connectivity index (χ4v) is 5.67. The molecule has 2 saturated heterocycles. The van der Waals surface area contributed by atoms with E-state index in [1.54, 1.807) is 0 Å². The summed E-state index contributed by atoms with van der Waals surface area (Å²) < 4.78 is 17.9. The van der Waals surface area contributed by atoms with Gasteiger partial charge in [-0.05, 0) is 19.4 Å². The van der Waals surface area contributed by atoms with Crippen LogP contribution in [0.5, 0.6) is 0 Å². The first kappa shape index (κ1) is 31.9. The van der Waals surface area contributed by atoms with Gasteiger partial charge >= 0.3 is 0 Å². The molecule has 0 bridgehead atoms. The topological polar surface area (TPSA) is 277 Å². The molecule has 38 heavy (non-hydrogen) atoms. The van der Waals surface area contributed by atoms with Crippen molar-refractivity contribution in [3.8, 4) is 0 Å². The van der Waals surface area contributed by atoms with Crippen molar-refractivity contribution >= 4 is 0 Å². The third kappa shape index (κ3) is 7.18. The number of hydrogen-bond acceptors (Lipinski definition) is 15. The Morgan fingerprint density at radius 3 is 2.32 bits per heavy atom. The van der Waals surface area contributed by atoms with Crippen LogP contribution in [0.3, 0.4) is 0 Å². The van der Waals surface area contributed by atoms with Crippen molar-refractivity contribution in [2.45, 2.75) is 105 Å². The summed E-state index contributed by atoms with van der Waals surface area (Å²) in [7, 11) is 0. The number of aliphatic hydroxyl groups excluding tert-OH is 6. The van der Waals surface area contributed by atoms with E-state index < -0.39 is 97.9 Å². The molecule has 15 heteroatoms. The third-order valence-electron chi connectivity index (χ3n) is 7.94. The van der Waals surface area contributed by atoms with E-state index >= 15 is 0 Å². The molecular weight excluding hydrogens is 504 g/mol. The molecule has 15 atom stereocenters. The van der Waals surface area contributed by atoms with Gasteiger partial charge in [0.2, 0.25) is 0 Å². The molecule has 2 unspecified atom stereocenters. The average molecular weight is 553 g/mol. The Hall–Kier alpha value is -0.600. The number of aliphatic hydroxyl groups is 6. The van der Waals surface area contributed by atoms with Crippen LogP contribution in [0.2, 0.25) is 0 Å². The van der Waals surface area contributed by atoms with Gasteiger partial charge < -0.3 is 78.4 Å². The molecule has 2 aliphatic heterocycles. The summed E-state index contributed by atoms with van der Waals surface area (Å²) in [6.45, 7) is 2.55. The molecule has 0 aromatic carbocycles. The van der Waals surface area contributed by atoms with E-state index in [4.69, 9.17) is 37.1 Å². The van der Waals surface area contributed by atoms with Crippen LogP contribution in [0.1, 0.15) is 19.8 Å². The Morgan fingerprint density at radius 2 is 1.68 bits per heavy atom. The summed E-state index contributed by atoms with van der Waals surface area (Å²) >= 11 is 0. The summed E-state index contributed by atoms with van der Waals surface area (Å²) in [6, 6.07) is -2.99. The van der Waals surface area contributed by atoms with E-state index in [0.29, 0.717) is 13.1 Å². The number of ether oxygens (including phenoxy) is 3. The highest BCUT2D eigenvalue weighted by atomic mass is 16.7. The summed E-state index contributed by atoms with van der Waals surface area (Å²) in [5.74, 6) is -0.710. The molecule has 15 nitrogen and oxygen atoms in total. The highest BCUT2D eigenvalue weighted by Crippen LogP contribution is 2.36. The first-order valence-electron chi connectivity index (χ1n) is 13.4. The van der Waals surface area contributed by atoms with E-state index in [1.807, 2.05) is 6.92 Å². The number of likely N-dealkylation sites (N-methyl/N-ethyl adjacent to an activating group) is 1. The smallest absolute Gasteiger partial charge is 0.186 e. The van der Waals surface area contributed by atoms with Crippen LogP contribution in [0.15, 0.2) is 0 Å². The van der Waals surface area contributed by atoms with E-state index in [1.165, 1.54) is 0 Å². The van der Waals surface area contributed by atoms with Crippen molar-refractivity contribution in [2.24, 2.45) is 28.9 Å². The molecule has 3 rings (SSSR count). The molecule has 0 aromatic heterocycles. The van der Waals surface area contributed by atoms with Crippen LogP contribution in [0.4, 0.5) is 0 Å². The molecular formula is C23H48N6O9. The predicted octanol–water partition coefficient (Wildman–Crippen LogP) is -6.42. The number of nitrogens with one attached hydrogen (secondary N) is 2. The Bertz CT molecular complexity index is 714. The second kappa shape index (κ2) is 14.3. The van der Waals surface area contributed by atoms with Crippen LogP contribution in [0.25, 0.3) is 0 Å². The van der Waals surface area contributed by atoms with E-state index in [-0.39, 0.29) is 25.9 Å². The predicted molar refractivity (Wildman–Crippen MR) is 135 cm³/mol. The lowest BCUT2D eigenvalue weighted by atomic mass is 9.72. The second-order valence-electron chi connectivity index (χ2n) is 10.7. The third-order valence-corrected chi connectivity index (χ3v) is 7.94. The average Bonchev–Trinajstić information content (AvgIpc) is 2.89. The molecule has 0 aromatic rings. The summed E-state index contributed by atoms with van der Waals surface area (Å²) in [4.78, 5) is 0. The van der Waals surface area contributed by atoms with Crippen molar-refractivity contribution in [2.75, 3.05) is 32.8 Å². The minimum atomic E-state index is -1.46. The summed E-state index contributed by atoms with van der Waals surface area (Å²) in [5, 5.41) is 68.8. The van der Waals surface area contributed by atoms with E-state index in [0.717, 1.165) is 0 Å². The molecule has 1 saturated carbocycles. The second-order valence-corrected chi connectivity index (χ2v) is 10.7. The number of nitrogens with two attached hydrogens (primary N) is 4. The van der Waals surface area contributed by atoms with Gasteiger partial charge in [0.05, 0.1) is 43.2 Å². The van der Waals surface area contributed by atoms with Crippen molar-refractivity contribution in [3.63, 3.8) is 0 Å². The molecule has 0 amide bonds. The van der Waals surface area contributed by atoms with Gasteiger partial charge in [-0.25, -0.2) is 0 Å².